The Kier molecular flexibility index (Phi) is 10.2. The van der Waals surface area contributed by atoms with Gasteiger partial charge in [0.25, 0.3) is 0 Å². The predicted molar refractivity (Wildman–Crippen MR) is 99.8 cm³/mol. The maximum atomic E-state index is 6.11. The van der Waals surface area contributed by atoms with Crippen molar-refractivity contribution in [2.24, 2.45) is 0 Å². The van der Waals surface area contributed by atoms with E-state index in [1.165, 1.54) is 0 Å². The van der Waals surface area contributed by atoms with Crippen LogP contribution in [-0.4, -0.2) is 5.16 Å². The molecule has 0 spiro atoms. The molecule has 0 amide bonds. The Morgan fingerprint density at radius 1 is 1.15 bits per heavy atom. The molecular formula is C21H22ClKNO2-. The first-order valence-corrected chi connectivity index (χ1v) is 8.41. The monoisotopic (exact) mass is 394 g/mol. The molecule has 132 valence electrons. The van der Waals surface area contributed by atoms with Crippen molar-refractivity contribution in [3.8, 4) is 5.75 Å². The standard InChI is InChI=1S/C14H12ClO.C7H10NO.K/c1-11-7-8-12(14(15)9-11)10-16-13-5-3-2-4-6-13;1-7(2,3)6-4-5-8-9-6;/h3-9H,10H2,1H3;4H,1-3H3;/q2*-1;+1. The van der Waals surface area contributed by atoms with Gasteiger partial charge in [-0.1, -0.05) is 44.5 Å². The molecule has 26 heavy (non-hydrogen) atoms. The van der Waals surface area contributed by atoms with Crippen molar-refractivity contribution in [2.75, 3.05) is 0 Å². The molecule has 2 aromatic carbocycles. The number of aryl methyl sites for hydroxylation is 1. The molecule has 3 rings (SSSR count). The summed E-state index contributed by atoms with van der Waals surface area (Å²) in [6, 6.07) is 18.1. The van der Waals surface area contributed by atoms with Crippen molar-refractivity contribution in [3.63, 3.8) is 0 Å². The van der Waals surface area contributed by atoms with Crippen LogP contribution in [0.25, 0.3) is 0 Å². The first-order chi connectivity index (χ1) is 11.9. The molecule has 0 N–H and O–H groups in total. The van der Waals surface area contributed by atoms with Crippen LogP contribution in [0.5, 0.6) is 5.75 Å². The van der Waals surface area contributed by atoms with Gasteiger partial charge in [0.2, 0.25) is 0 Å². The minimum Gasteiger partial charge on any atom is -0.514 e. The minimum absolute atomic E-state index is 0. The molecule has 0 bridgehead atoms. The van der Waals surface area contributed by atoms with E-state index in [4.69, 9.17) is 20.9 Å². The Labute approximate surface area is 203 Å². The fourth-order valence-corrected chi connectivity index (χ4v) is 2.23. The molecule has 1 heterocycles. The summed E-state index contributed by atoms with van der Waals surface area (Å²) >= 11 is 6.11. The van der Waals surface area contributed by atoms with Gasteiger partial charge in [-0.25, -0.2) is 5.16 Å². The van der Waals surface area contributed by atoms with Crippen LogP contribution in [-0.2, 0) is 12.0 Å². The molecule has 0 radical (unpaired) electrons. The molecule has 0 unspecified atom stereocenters. The van der Waals surface area contributed by atoms with E-state index in [2.05, 4.69) is 38.2 Å². The summed E-state index contributed by atoms with van der Waals surface area (Å²) in [6.45, 7) is 8.72. The zero-order chi connectivity index (χ0) is 18.3. The van der Waals surface area contributed by atoms with Gasteiger partial charge < -0.3 is 9.26 Å². The van der Waals surface area contributed by atoms with E-state index in [1.807, 2.05) is 49.4 Å². The van der Waals surface area contributed by atoms with Gasteiger partial charge in [-0.2, -0.15) is 24.3 Å². The van der Waals surface area contributed by atoms with Gasteiger partial charge in [-0.15, -0.1) is 18.3 Å². The average molecular weight is 395 g/mol. The topological polar surface area (TPSA) is 35.3 Å². The van der Waals surface area contributed by atoms with E-state index < -0.39 is 0 Å². The fourth-order valence-electron chi connectivity index (χ4n) is 1.94. The Hall–Kier alpha value is -0.624. The number of nitrogens with zero attached hydrogens (tertiary/aromatic N) is 1. The van der Waals surface area contributed by atoms with Gasteiger partial charge >= 0.3 is 51.4 Å². The molecule has 0 saturated heterocycles. The second-order valence-corrected chi connectivity index (χ2v) is 7.10. The van der Waals surface area contributed by atoms with E-state index in [0.717, 1.165) is 27.7 Å². The van der Waals surface area contributed by atoms with Crippen molar-refractivity contribution < 1.29 is 60.6 Å². The molecule has 0 atom stereocenters. The maximum Gasteiger partial charge on any atom is 1.00 e. The molecule has 3 nitrogen and oxygen atoms in total. The van der Waals surface area contributed by atoms with Crippen LogP contribution in [0.15, 0.2) is 53.1 Å². The van der Waals surface area contributed by atoms with Gasteiger partial charge in [-0.3, -0.25) is 0 Å². The number of aromatic nitrogens is 1. The third kappa shape index (κ3) is 7.95. The van der Waals surface area contributed by atoms with E-state index >= 15 is 0 Å². The molecule has 0 fully saturated rings. The van der Waals surface area contributed by atoms with Crippen molar-refractivity contribution >= 4 is 11.6 Å². The molecule has 0 saturated carbocycles. The quantitative estimate of drug-likeness (QED) is 0.506. The van der Waals surface area contributed by atoms with Crippen LogP contribution in [0.4, 0.5) is 0 Å². The van der Waals surface area contributed by atoms with Crippen LogP contribution < -0.4 is 56.1 Å². The fraction of sp³-hybridized carbons (Fsp3) is 0.286. The third-order valence-corrected chi connectivity index (χ3v) is 3.77. The SMILES string of the molecule is CC(C)(C)c1c[c-]no1.Cc1ccc(COc2cc[c-]cc2)c(Cl)c1.[K+]. The zero-order valence-electron chi connectivity index (χ0n) is 16.0. The van der Waals surface area contributed by atoms with Crippen molar-refractivity contribution in [1.29, 1.82) is 0 Å². The van der Waals surface area contributed by atoms with Crippen LogP contribution in [0.1, 0.15) is 37.7 Å². The molecule has 0 aliphatic rings. The zero-order valence-corrected chi connectivity index (χ0v) is 19.8. The summed E-state index contributed by atoms with van der Waals surface area (Å²) < 4.78 is 10.5. The predicted octanol–water partition coefficient (Wildman–Crippen LogP) is 2.80. The summed E-state index contributed by atoms with van der Waals surface area (Å²) in [7, 11) is 0. The summed E-state index contributed by atoms with van der Waals surface area (Å²) in [5.74, 6) is 1.71. The van der Waals surface area contributed by atoms with Gasteiger partial charge in [-0.05, 0) is 29.7 Å². The Balaban J connectivity index is 0.000000290. The normalized spacial score (nSPS) is 10.3. The number of rotatable bonds is 3. The number of hydrogen-bond donors (Lipinski definition) is 0. The van der Waals surface area contributed by atoms with Crippen molar-refractivity contribution in [2.45, 2.75) is 39.7 Å². The molecule has 1 aromatic heterocycles. The molecule has 0 aliphatic heterocycles. The molecular weight excluding hydrogens is 373 g/mol. The van der Waals surface area contributed by atoms with Crippen molar-refractivity contribution in [3.05, 3.63) is 82.7 Å². The second kappa shape index (κ2) is 11.3. The summed E-state index contributed by atoms with van der Waals surface area (Å²) in [5.41, 5.74) is 2.22. The average Bonchev–Trinajstić information content (AvgIpc) is 3.10. The summed E-state index contributed by atoms with van der Waals surface area (Å²) in [4.78, 5) is 0. The number of benzene rings is 2. The van der Waals surface area contributed by atoms with Gasteiger partial charge in [0.1, 0.15) is 6.61 Å². The largest absolute Gasteiger partial charge is 1.00 e. The van der Waals surface area contributed by atoms with Gasteiger partial charge in [0, 0.05) is 16.3 Å². The first-order valence-electron chi connectivity index (χ1n) is 8.03. The second-order valence-electron chi connectivity index (χ2n) is 6.69. The van der Waals surface area contributed by atoms with Crippen LogP contribution in [0.2, 0.25) is 5.02 Å². The van der Waals surface area contributed by atoms with Gasteiger partial charge in [0.05, 0.1) is 0 Å². The van der Waals surface area contributed by atoms with Crippen LogP contribution >= 0.6 is 11.6 Å². The molecule has 5 heteroatoms. The molecule has 0 aliphatic carbocycles. The molecule has 3 aromatic rings. The Bertz CT molecular complexity index is 768. The smallest absolute Gasteiger partial charge is 0.514 e. The van der Waals surface area contributed by atoms with Crippen molar-refractivity contribution in [1.82, 2.24) is 5.16 Å². The van der Waals surface area contributed by atoms with E-state index in [0.29, 0.717) is 6.61 Å². The van der Waals surface area contributed by atoms with Gasteiger partial charge in [0.15, 0.2) is 0 Å². The summed E-state index contributed by atoms with van der Waals surface area (Å²) in [6.07, 6.45) is 2.62. The number of halogens is 1. The number of hydrogen-bond acceptors (Lipinski definition) is 3. The minimum atomic E-state index is 0. The number of ether oxygens (including phenoxy) is 1. The third-order valence-electron chi connectivity index (χ3n) is 3.42. The van der Waals surface area contributed by atoms with E-state index in [1.54, 1.807) is 6.07 Å². The van der Waals surface area contributed by atoms with Crippen LogP contribution in [0, 0.1) is 19.2 Å². The maximum absolute atomic E-state index is 6.11. The van der Waals surface area contributed by atoms with Crippen LogP contribution in [0.3, 0.4) is 0 Å². The van der Waals surface area contributed by atoms with E-state index in [9.17, 15) is 0 Å². The Morgan fingerprint density at radius 3 is 2.35 bits per heavy atom. The first kappa shape index (κ1) is 23.4. The Morgan fingerprint density at radius 2 is 1.85 bits per heavy atom. The van der Waals surface area contributed by atoms with E-state index in [-0.39, 0.29) is 56.8 Å². The summed E-state index contributed by atoms with van der Waals surface area (Å²) in [5, 5.41) is 4.24.